The molecule has 9 nitrogen and oxygen atoms in total. The molecule has 11 heteroatoms. The maximum absolute atomic E-state index is 13.0. The van der Waals surface area contributed by atoms with Gasteiger partial charge in [0.1, 0.15) is 21.3 Å². The van der Waals surface area contributed by atoms with Crippen LogP contribution in [-0.4, -0.2) is 55.0 Å². The lowest BCUT2D eigenvalue weighted by molar-refractivity contribution is -0.0283. The van der Waals surface area contributed by atoms with Crippen molar-refractivity contribution in [2.24, 2.45) is 5.92 Å². The third kappa shape index (κ3) is 3.83. The first-order valence-corrected chi connectivity index (χ1v) is 11.7. The van der Waals surface area contributed by atoms with Crippen LogP contribution in [0.15, 0.2) is 23.1 Å². The highest BCUT2D eigenvalue weighted by atomic mass is 32.2. The fourth-order valence-electron chi connectivity index (χ4n) is 3.17. The molecule has 2 N–H and O–H groups in total. The van der Waals surface area contributed by atoms with Gasteiger partial charge in [0.25, 0.3) is 0 Å². The highest BCUT2D eigenvalue weighted by molar-refractivity contribution is 7.89. The summed E-state index contributed by atoms with van der Waals surface area (Å²) in [4.78, 5) is 5.21. The summed E-state index contributed by atoms with van der Waals surface area (Å²) in [5.74, 6) is 0.436. The molecule has 4 rings (SSSR count). The minimum Gasteiger partial charge on any atom is -0.495 e. The van der Waals surface area contributed by atoms with Crippen LogP contribution in [0.5, 0.6) is 5.75 Å². The SMILES string of the molecule is COc1ccc(-c2c(C)nc3sc(C(C)(C)O)nn23)cc1S(=O)(=O)NCC1COC1. The molecular weight excluding hydrogens is 428 g/mol. The van der Waals surface area contributed by atoms with Gasteiger partial charge in [0, 0.05) is 18.0 Å². The summed E-state index contributed by atoms with van der Waals surface area (Å²) in [7, 11) is -2.35. The number of aromatic nitrogens is 3. The average molecular weight is 453 g/mol. The predicted octanol–water partition coefficient (Wildman–Crippen LogP) is 1.93. The van der Waals surface area contributed by atoms with Crippen LogP contribution < -0.4 is 9.46 Å². The molecule has 3 heterocycles. The van der Waals surface area contributed by atoms with E-state index in [-0.39, 0.29) is 16.6 Å². The lowest BCUT2D eigenvalue weighted by Gasteiger charge is -2.26. The van der Waals surface area contributed by atoms with Crippen molar-refractivity contribution in [2.45, 2.75) is 31.3 Å². The summed E-state index contributed by atoms with van der Waals surface area (Å²) in [5.41, 5.74) is 0.924. The average Bonchev–Trinajstić information content (AvgIpc) is 3.16. The molecule has 1 saturated heterocycles. The molecule has 0 amide bonds. The van der Waals surface area contributed by atoms with E-state index in [0.717, 1.165) is 0 Å². The summed E-state index contributed by atoms with van der Waals surface area (Å²) in [6, 6.07) is 4.97. The third-order valence-electron chi connectivity index (χ3n) is 4.90. The predicted molar refractivity (Wildman–Crippen MR) is 112 cm³/mol. The summed E-state index contributed by atoms with van der Waals surface area (Å²) in [5, 5.41) is 15.3. The molecule has 0 saturated carbocycles. The van der Waals surface area contributed by atoms with E-state index in [2.05, 4.69) is 14.8 Å². The first-order valence-electron chi connectivity index (χ1n) is 9.45. The standard InChI is InChI=1S/C19H24N4O5S2/c1-11-16(23-18(21-11)29-17(22-23)19(2,3)24)13-5-6-14(27-4)15(7-13)30(25,26)20-8-12-9-28-10-12/h5-7,12,20,24H,8-10H2,1-4H3. The van der Waals surface area contributed by atoms with Crippen molar-refractivity contribution in [2.75, 3.05) is 26.9 Å². The van der Waals surface area contributed by atoms with Crippen molar-refractivity contribution in [3.05, 3.63) is 28.9 Å². The van der Waals surface area contributed by atoms with Crippen LogP contribution in [0, 0.1) is 12.8 Å². The molecule has 0 radical (unpaired) electrons. The lowest BCUT2D eigenvalue weighted by Crippen LogP contribution is -2.39. The number of hydrogen-bond donors (Lipinski definition) is 2. The number of aliphatic hydroxyl groups is 1. The molecule has 1 aromatic carbocycles. The quantitative estimate of drug-likeness (QED) is 0.563. The van der Waals surface area contributed by atoms with Crippen LogP contribution >= 0.6 is 11.3 Å². The molecule has 0 aliphatic carbocycles. The molecule has 1 aliphatic heterocycles. The van der Waals surface area contributed by atoms with E-state index < -0.39 is 15.6 Å². The van der Waals surface area contributed by atoms with Gasteiger partial charge >= 0.3 is 0 Å². The van der Waals surface area contributed by atoms with Crippen LogP contribution in [0.2, 0.25) is 0 Å². The molecule has 0 atom stereocenters. The second kappa shape index (κ2) is 7.57. The summed E-state index contributed by atoms with van der Waals surface area (Å²) < 4.78 is 40.6. The van der Waals surface area contributed by atoms with Crippen LogP contribution in [-0.2, 0) is 20.4 Å². The van der Waals surface area contributed by atoms with Gasteiger partial charge in [-0.25, -0.2) is 22.6 Å². The van der Waals surface area contributed by atoms with Crippen molar-refractivity contribution in [3.63, 3.8) is 0 Å². The van der Waals surface area contributed by atoms with Crippen molar-refractivity contribution in [1.82, 2.24) is 19.3 Å². The molecule has 30 heavy (non-hydrogen) atoms. The summed E-state index contributed by atoms with van der Waals surface area (Å²) in [6.07, 6.45) is 0. The van der Waals surface area contributed by atoms with E-state index in [1.54, 1.807) is 36.6 Å². The Labute approximate surface area is 178 Å². The Balaban J connectivity index is 1.77. The number of ether oxygens (including phenoxy) is 2. The van der Waals surface area contributed by atoms with Crippen LogP contribution in [0.1, 0.15) is 24.5 Å². The minimum atomic E-state index is -3.79. The van der Waals surface area contributed by atoms with Gasteiger partial charge in [0.15, 0.2) is 0 Å². The molecule has 162 valence electrons. The number of nitrogens with zero attached hydrogens (tertiary/aromatic N) is 3. The molecule has 1 fully saturated rings. The minimum absolute atomic E-state index is 0.0510. The number of benzene rings is 1. The van der Waals surface area contributed by atoms with E-state index >= 15 is 0 Å². The zero-order valence-corrected chi connectivity index (χ0v) is 18.8. The van der Waals surface area contributed by atoms with Crippen LogP contribution in [0.25, 0.3) is 16.2 Å². The highest BCUT2D eigenvalue weighted by Gasteiger charge is 2.27. The normalized spacial score (nSPS) is 15.5. The zero-order valence-electron chi connectivity index (χ0n) is 17.2. The smallest absolute Gasteiger partial charge is 0.244 e. The highest BCUT2D eigenvalue weighted by Crippen LogP contribution is 2.34. The molecule has 0 spiro atoms. The number of nitrogens with one attached hydrogen (secondary N) is 1. The number of imidazole rings is 1. The van der Waals surface area contributed by atoms with Crippen LogP contribution in [0.3, 0.4) is 0 Å². The second-order valence-electron chi connectivity index (χ2n) is 7.83. The third-order valence-corrected chi connectivity index (χ3v) is 7.56. The van der Waals surface area contributed by atoms with Gasteiger partial charge in [-0.15, -0.1) is 0 Å². The number of fused-ring (bicyclic) bond motifs is 1. The Hall–Kier alpha value is -2.05. The van der Waals surface area contributed by atoms with E-state index in [1.165, 1.54) is 18.4 Å². The Bertz CT molecular complexity index is 1190. The monoisotopic (exact) mass is 452 g/mol. The van der Waals surface area contributed by atoms with E-state index in [1.807, 2.05) is 6.92 Å². The fraction of sp³-hybridized carbons (Fsp3) is 0.474. The molecular formula is C19H24N4O5S2. The first-order chi connectivity index (χ1) is 14.1. The number of methoxy groups -OCH3 is 1. The molecule has 1 aliphatic rings. The Morgan fingerprint density at radius 2 is 2.13 bits per heavy atom. The first kappa shape index (κ1) is 21.2. The maximum Gasteiger partial charge on any atom is 0.244 e. The van der Waals surface area contributed by atoms with E-state index in [0.29, 0.717) is 46.7 Å². The zero-order chi connectivity index (χ0) is 21.7. The van der Waals surface area contributed by atoms with E-state index in [9.17, 15) is 13.5 Å². The molecule has 2 aromatic heterocycles. The van der Waals surface area contributed by atoms with Gasteiger partial charge < -0.3 is 14.6 Å². The second-order valence-corrected chi connectivity index (χ2v) is 10.5. The number of hydrogen-bond acceptors (Lipinski definition) is 8. The largest absolute Gasteiger partial charge is 0.495 e. The van der Waals surface area contributed by atoms with Gasteiger partial charge in [-0.2, -0.15) is 5.10 Å². The molecule has 0 bridgehead atoms. The lowest BCUT2D eigenvalue weighted by atomic mass is 10.1. The maximum atomic E-state index is 13.0. The van der Waals surface area contributed by atoms with Crippen molar-refractivity contribution < 1.29 is 23.0 Å². The number of sulfonamides is 1. The van der Waals surface area contributed by atoms with Gasteiger partial charge in [-0.1, -0.05) is 11.3 Å². The molecule has 3 aromatic rings. The van der Waals surface area contributed by atoms with Gasteiger partial charge in [-0.3, -0.25) is 0 Å². The van der Waals surface area contributed by atoms with Gasteiger partial charge in [0.2, 0.25) is 15.0 Å². The Morgan fingerprint density at radius 3 is 2.73 bits per heavy atom. The topological polar surface area (TPSA) is 115 Å². The number of aryl methyl sites for hydroxylation is 1. The van der Waals surface area contributed by atoms with Crippen LogP contribution in [0.4, 0.5) is 0 Å². The summed E-state index contributed by atoms with van der Waals surface area (Å²) >= 11 is 1.30. The fourth-order valence-corrected chi connectivity index (χ4v) is 5.42. The van der Waals surface area contributed by atoms with Crippen molar-refractivity contribution in [3.8, 4) is 17.0 Å². The van der Waals surface area contributed by atoms with Gasteiger partial charge in [-0.05, 0) is 39.0 Å². The number of rotatable bonds is 7. The van der Waals surface area contributed by atoms with Crippen molar-refractivity contribution >= 4 is 26.3 Å². The van der Waals surface area contributed by atoms with Crippen molar-refractivity contribution in [1.29, 1.82) is 0 Å². The molecule has 0 unspecified atom stereocenters. The summed E-state index contributed by atoms with van der Waals surface area (Å²) in [6.45, 7) is 6.59. The van der Waals surface area contributed by atoms with E-state index in [4.69, 9.17) is 9.47 Å². The Morgan fingerprint density at radius 1 is 1.40 bits per heavy atom. The Kier molecular flexibility index (Phi) is 5.35. The van der Waals surface area contributed by atoms with Gasteiger partial charge in [0.05, 0.1) is 31.7 Å².